The van der Waals surface area contributed by atoms with Crippen LogP contribution in [0, 0.1) is 0 Å². The van der Waals surface area contributed by atoms with Crippen LogP contribution in [0.25, 0.3) is 0 Å². The summed E-state index contributed by atoms with van der Waals surface area (Å²) in [4.78, 5) is 13.2. The monoisotopic (exact) mass is 264 g/mol. The first-order valence-corrected chi connectivity index (χ1v) is 6.72. The number of anilines is 1. The van der Waals surface area contributed by atoms with E-state index >= 15 is 0 Å². The van der Waals surface area contributed by atoms with E-state index in [2.05, 4.69) is 16.5 Å². The molecule has 6 heteroatoms. The Labute approximate surface area is 110 Å². The van der Waals surface area contributed by atoms with Crippen LogP contribution in [0.5, 0.6) is 0 Å². The van der Waals surface area contributed by atoms with Gasteiger partial charge < -0.3 is 11.1 Å². The molecule has 0 atom stereocenters. The summed E-state index contributed by atoms with van der Waals surface area (Å²) >= 11 is 1.69. The Kier molecular flexibility index (Phi) is 3.99. The number of carbonyl (C=O) groups excluding carboxylic acids is 1. The molecular formula is C12H16N4OS. The van der Waals surface area contributed by atoms with E-state index in [0.29, 0.717) is 24.5 Å². The van der Waals surface area contributed by atoms with Crippen LogP contribution in [0.3, 0.4) is 0 Å². The number of carbonyl (C=O) groups is 1. The zero-order chi connectivity index (χ0) is 13.0. The molecule has 0 aliphatic carbocycles. The average Bonchev–Trinajstić information content (AvgIpc) is 2.98. The van der Waals surface area contributed by atoms with Gasteiger partial charge in [-0.1, -0.05) is 6.07 Å². The predicted octanol–water partition coefficient (Wildman–Crippen LogP) is 1.52. The lowest BCUT2D eigenvalue weighted by molar-refractivity contribution is 0.0944. The second-order valence-electron chi connectivity index (χ2n) is 3.85. The summed E-state index contributed by atoms with van der Waals surface area (Å²) in [7, 11) is 0. The summed E-state index contributed by atoms with van der Waals surface area (Å²) in [5.74, 6) is -0.164. The number of nitrogens with zero attached hydrogens (tertiary/aromatic N) is 2. The largest absolute Gasteiger partial charge is 0.396 e. The first-order valence-electron chi connectivity index (χ1n) is 5.84. The normalized spacial score (nSPS) is 10.5. The molecule has 0 aromatic carbocycles. The molecule has 18 heavy (non-hydrogen) atoms. The van der Waals surface area contributed by atoms with Gasteiger partial charge >= 0.3 is 0 Å². The average molecular weight is 264 g/mol. The quantitative estimate of drug-likeness (QED) is 0.860. The van der Waals surface area contributed by atoms with E-state index < -0.39 is 0 Å². The number of aromatic nitrogens is 2. The van der Waals surface area contributed by atoms with Crippen molar-refractivity contribution in [2.75, 3.05) is 12.3 Å². The van der Waals surface area contributed by atoms with Crippen LogP contribution >= 0.6 is 11.3 Å². The van der Waals surface area contributed by atoms with Gasteiger partial charge in [0.2, 0.25) is 0 Å². The van der Waals surface area contributed by atoms with Crippen LogP contribution in [-0.4, -0.2) is 22.2 Å². The van der Waals surface area contributed by atoms with Gasteiger partial charge in [0.15, 0.2) is 0 Å². The van der Waals surface area contributed by atoms with Crippen molar-refractivity contribution in [3.63, 3.8) is 0 Å². The molecule has 0 radical (unpaired) electrons. The van der Waals surface area contributed by atoms with E-state index in [-0.39, 0.29) is 5.91 Å². The minimum atomic E-state index is -0.164. The minimum Gasteiger partial charge on any atom is -0.396 e. The maximum atomic E-state index is 12.0. The van der Waals surface area contributed by atoms with E-state index in [4.69, 9.17) is 5.73 Å². The number of nitrogen functional groups attached to an aromatic ring is 1. The number of hydrogen-bond acceptors (Lipinski definition) is 4. The fraction of sp³-hybridized carbons (Fsp3) is 0.333. The van der Waals surface area contributed by atoms with Gasteiger partial charge in [-0.05, 0) is 24.8 Å². The molecule has 2 aromatic heterocycles. The van der Waals surface area contributed by atoms with Crippen molar-refractivity contribution in [2.24, 2.45) is 0 Å². The number of aryl methyl sites for hydroxylation is 1. The van der Waals surface area contributed by atoms with E-state index in [1.807, 2.05) is 18.4 Å². The molecule has 0 aliphatic heterocycles. The molecule has 0 aliphatic rings. The third-order valence-corrected chi connectivity index (χ3v) is 3.56. The molecule has 0 fully saturated rings. The summed E-state index contributed by atoms with van der Waals surface area (Å²) in [6.07, 6.45) is 2.35. The van der Waals surface area contributed by atoms with Gasteiger partial charge in [0, 0.05) is 18.0 Å². The smallest absolute Gasteiger partial charge is 0.271 e. The number of thiophene rings is 1. The molecule has 2 heterocycles. The fourth-order valence-corrected chi connectivity index (χ4v) is 2.43. The highest BCUT2D eigenvalue weighted by Crippen LogP contribution is 2.11. The highest BCUT2D eigenvalue weighted by atomic mass is 32.1. The molecule has 0 saturated heterocycles. The molecule has 3 N–H and O–H groups in total. The van der Waals surface area contributed by atoms with Gasteiger partial charge in [0.25, 0.3) is 5.91 Å². The SMILES string of the molecule is CCn1ncc(N)c1C(=O)NCCc1cccs1. The second kappa shape index (κ2) is 5.68. The number of nitrogens with one attached hydrogen (secondary N) is 1. The lowest BCUT2D eigenvalue weighted by Gasteiger charge is -2.07. The van der Waals surface area contributed by atoms with Crippen molar-refractivity contribution in [3.05, 3.63) is 34.3 Å². The number of amides is 1. The Bertz CT molecular complexity index is 518. The number of nitrogens with two attached hydrogens (primary N) is 1. The van der Waals surface area contributed by atoms with Crippen molar-refractivity contribution in [1.29, 1.82) is 0 Å². The lowest BCUT2D eigenvalue weighted by Crippen LogP contribution is -2.28. The predicted molar refractivity (Wildman–Crippen MR) is 72.7 cm³/mol. The Morgan fingerprint density at radius 3 is 3.11 bits per heavy atom. The molecule has 1 amide bonds. The highest BCUT2D eigenvalue weighted by Gasteiger charge is 2.15. The summed E-state index contributed by atoms with van der Waals surface area (Å²) in [5.41, 5.74) is 6.61. The van der Waals surface area contributed by atoms with E-state index in [9.17, 15) is 4.79 Å². The number of rotatable bonds is 5. The maximum absolute atomic E-state index is 12.0. The van der Waals surface area contributed by atoms with Crippen molar-refractivity contribution in [2.45, 2.75) is 19.9 Å². The first kappa shape index (κ1) is 12.6. The van der Waals surface area contributed by atoms with Gasteiger partial charge in [-0.15, -0.1) is 11.3 Å². The fourth-order valence-electron chi connectivity index (χ4n) is 1.73. The van der Waals surface area contributed by atoms with Crippen LogP contribution in [0.15, 0.2) is 23.7 Å². The van der Waals surface area contributed by atoms with E-state index in [0.717, 1.165) is 6.42 Å². The van der Waals surface area contributed by atoms with Crippen LogP contribution in [-0.2, 0) is 13.0 Å². The van der Waals surface area contributed by atoms with Crippen LogP contribution < -0.4 is 11.1 Å². The number of hydrogen-bond donors (Lipinski definition) is 2. The van der Waals surface area contributed by atoms with Gasteiger partial charge in [-0.25, -0.2) is 0 Å². The molecule has 0 saturated carbocycles. The van der Waals surface area contributed by atoms with Crippen LogP contribution in [0.4, 0.5) is 5.69 Å². The summed E-state index contributed by atoms with van der Waals surface area (Å²) < 4.78 is 1.61. The van der Waals surface area contributed by atoms with Gasteiger partial charge in [-0.2, -0.15) is 5.10 Å². The Balaban J connectivity index is 1.93. The maximum Gasteiger partial charge on any atom is 0.271 e. The van der Waals surface area contributed by atoms with Crippen molar-refractivity contribution >= 4 is 22.9 Å². The van der Waals surface area contributed by atoms with Crippen molar-refractivity contribution in [3.8, 4) is 0 Å². The van der Waals surface area contributed by atoms with Crippen LogP contribution in [0.1, 0.15) is 22.3 Å². The van der Waals surface area contributed by atoms with Crippen molar-refractivity contribution in [1.82, 2.24) is 15.1 Å². The Morgan fingerprint density at radius 2 is 2.44 bits per heavy atom. The second-order valence-corrected chi connectivity index (χ2v) is 4.88. The molecule has 2 rings (SSSR count). The molecule has 2 aromatic rings. The van der Waals surface area contributed by atoms with E-state index in [1.165, 1.54) is 11.1 Å². The summed E-state index contributed by atoms with van der Waals surface area (Å²) in [6.45, 7) is 3.16. The molecule has 5 nitrogen and oxygen atoms in total. The lowest BCUT2D eigenvalue weighted by atomic mass is 10.3. The third-order valence-electron chi connectivity index (χ3n) is 2.62. The third kappa shape index (κ3) is 2.70. The Hall–Kier alpha value is -1.82. The highest BCUT2D eigenvalue weighted by molar-refractivity contribution is 7.09. The minimum absolute atomic E-state index is 0.164. The molecular weight excluding hydrogens is 248 g/mol. The first-order chi connectivity index (χ1) is 8.72. The molecule has 96 valence electrons. The zero-order valence-corrected chi connectivity index (χ0v) is 11.0. The van der Waals surface area contributed by atoms with Crippen molar-refractivity contribution < 1.29 is 4.79 Å². The molecule has 0 spiro atoms. The topological polar surface area (TPSA) is 72.9 Å². The molecule has 0 unspecified atom stereocenters. The summed E-state index contributed by atoms with van der Waals surface area (Å²) in [6, 6.07) is 4.06. The van der Waals surface area contributed by atoms with Gasteiger partial charge in [0.1, 0.15) is 5.69 Å². The standard InChI is InChI=1S/C12H16N4OS/c1-2-16-11(10(13)8-15-16)12(17)14-6-5-9-4-3-7-18-9/h3-4,7-8H,2,5-6,13H2,1H3,(H,14,17). The van der Waals surface area contributed by atoms with E-state index in [1.54, 1.807) is 16.0 Å². The Morgan fingerprint density at radius 1 is 1.61 bits per heavy atom. The molecule has 0 bridgehead atoms. The van der Waals surface area contributed by atoms with Gasteiger partial charge in [-0.3, -0.25) is 9.48 Å². The zero-order valence-electron chi connectivity index (χ0n) is 10.2. The summed E-state index contributed by atoms with van der Waals surface area (Å²) in [5, 5.41) is 8.94. The van der Waals surface area contributed by atoms with Gasteiger partial charge in [0.05, 0.1) is 11.9 Å². The van der Waals surface area contributed by atoms with Crippen LogP contribution in [0.2, 0.25) is 0 Å².